The third kappa shape index (κ3) is 3.28. The van der Waals surface area contributed by atoms with Crippen molar-refractivity contribution in [1.29, 1.82) is 0 Å². The van der Waals surface area contributed by atoms with Gasteiger partial charge in [0, 0.05) is 11.6 Å². The summed E-state index contributed by atoms with van der Waals surface area (Å²) in [5.41, 5.74) is 1.33. The molecule has 2 unspecified atom stereocenters. The molecule has 1 heterocycles. The summed E-state index contributed by atoms with van der Waals surface area (Å²) in [5.74, 6) is 1.68. The first-order valence-corrected chi connectivity index (χ1v) is 7.31. The minimum Gasteiger partial charge on any atom is -0.496 e. The molecule has 1 saturated heterocycles. The first-order valence-electron chi connectivity index (χ1n) is 7.31. The molecule has 0 spiro atoms. The van der Waals surface area contributed by atoms with Crippen molar-refractivity contribution in [2.24, 2.45) is 5.92 Å². The van der Waals surface area contributed by atoms with Crippen molar-refractivity contribution in [3.8, 4) is 5.75 Å². The van der Waals surface area contributed by atoms with Crippen molar-refractivity contribution in [1.82, 2.24) is 10.2 Å². The number of benzene rings is 1. The lowest BCUT2D eigenvalue weighted by Crippen LogP contribution is -2.40. The van der Waals surface area contributed by atoms with E-state index in [2.05, 4.69) is 42.4 Å². The molecule has 0 saturated carbocycles. The Balaban J connectivity index is 2.25. The molecule has 0 aromatic heterocycles. The third-order valence-corrected chi connectivity index (χ3v) is 4.12. The lowest BCUT2D eigenvalue weighted by molar-refractivity contribution is 0.117. The minimum absolute atomic E-state index is 0.462. The fourth-order valence-electron chi connectivity index (χ4n) is 3.21. The van der Waals surface area contributed by atoms with E-state index in [4.69, 9.17) is 4.74 Å². The van der Waals surface area contributed by atoms with Gasteiger partial charge >= 0.3 is 0 Å². The van der Waals surface area contributed by atoms with Gasteiger partial charge in [-0.3, -0.25) is 4.90 Å². The van der Waals surface area contributed by atoms with Gasteiger partial charge in [-0.15, -0.1) is 0 Å². The number of hydrogen-bond acceptors (Lipinski definition) is 3. The van der Waals surface area contributed by atoms with Crippen molar-refractivity contribution in [3.63, 3.8) is 0 Å². The molecule has 1 fully saturated rings. The van der Waals surface area contributed by atoms with Crippen LogP contribution in [-0.2, 0) is 0 Å². The highest BCUT2D eigenvalue weighted by molar-refractivity contribution is 5.36. The van der Waals surface area contributed by atoms with E-state index in [0.29, 0.717) is 12.0 Å². The van der Waals surface area contributed by atoms with Crippen LogP contribution in [0.4, 0.5) is 0 Å². The largest absolute Gasteiger partial charge is 0.496 e. The van der Waals surface area contributed by atoms with Crippen molar-refractivity contribution in [2.75, 3.05) is 33.8 Å². The van der Waals surface area contributed by atoms with Crippen LogP contribution < -0.4 is 10.1 Å². The number of nitrogens with one attached hydrogen (secondary N) is 1. The molecule has 0 amide bonds. The monoisotopic (exact) mass is 262 g/mol. The van der Waals surface area contributed by atoms with E-state index in [1.54, 1.807) is 7.11 Å². The SMILES string of the molecule is CCNCC1CCCN(C)C1c1ccccc1OC. The normalized spacial score (nSPS) is 24.4. The van der Waals surface area contributed by atoms with E-state index in [1.807, 2.05) is 6.07 Å². The average Bonchev–Trinajstić information content (AvgIpc) is 2.45. The van der Waals surface area contributed by atoms with Crippen molar-refractivity contribution in [2.45, 2.75) is 25.8 Å². The van der Waals surface area contributed by atoms with Gasteiger partial charge in [0.05, 0.1) is 7.11 Å². The molecular formula is C16H26N2O. The first-order chi connectivity index (χ1) is 9.27. The maximum absolute atomic E-state index is 5.55. The molecule has 2 rings (SSSR count). The van der Waals surface area contributed by atoms with Gasteiger partial charge in [0.15, 0.2) is 0 Å². The molecule has 0 radical (unpaired) electrons. The van der Waals surface area contributed by atoms with E-state index in [1.165, 1.54) is 24.9 Å². The molecule has 0 aliphatic carbocycles. The zero-order valence-electron chi connectivity index (χ0n) is 12.4. The Bertz CT molecular complexity index is 394. The second kappa shape index (κ2) is 6.92. The number of likely N-dealkylation sites (tertiary alicyclic amines) is 1. The van der Waals surface area contributed by atoms with Crippen LogP contribution in [0.2, 0.25) is 0 Å². The third-order valence-electron chi connectivity index (χ3n) is 4.12. The van der Waals surface area contributed by atoms with Crippen molar-refractivity contribution in [3.05, 3.63) is 29.8 Å². The van der Waals surface area contributed by atoms with E-state index in [-0.39, 0.29) is 0 Å². The number of piperidine rings is 1. The van der Waals surface area contributed by atoms with Gasteiger partial charge in [0.2, 0.25) is 0 Å². The number of methoxy groups -OCH3 is 1. The standard InChI is InChI=1S/C16H26N2O/c1-4-17-12-13-8-7-11-18(2)16(13)14-9-5-6-10-15(14)19-3/h5-6,9-10,13,16-17H,4,7-8,11-12H2,1-3H3. The van der Waals surface area contributed by atoms with Crippen molar-refractivity contribution < 1.29 is 4.74 Å². The molecule has 1 N–H and O–H groups in total. The van der Waals surface area contributed by atoms with Gasteiger partial charge in [-0.25, -0.2) is 0 Å². The second-order valence-corrected chi connectivity index (χ2v) is 5.38. The summed E-state index contributed by atoms with van der Waals surface area (Å²) in [5, 5.41) is 3.51. The molecule has 3 heteroatoms. The van der Waals surface area contributed by atoms with E-state index in [0.717, 1.165) is 18.8 Å². The Morgan fingerprint density at radius 1 is 1.37 bits per heavy atom. The lowest BCUT2D eigenvalue weighted by Gasteiger charge is -2.40. The fourth-order valence-corrected chi connectivity index (χ4v) is 3.21. The quantitative estimate of drug-likeness (QED) is 0.883. The maximum atomic E-state index is 5.55. The topological polar surface area (TPSA) is 24.5 Å². The fraction of sp³-hybridized carbons (Fsp3) is 0.625. The summed E-state index contributed by atoms with van der Waals surface area (Å²) in [7, 11) is 4.00. The number of hydrogen-bond donors (Lipinski definition) is 1. The minimum atomic E-state index is 0.462. The molecule has 0 bridgehead atoms. The van der Waals surface area contributed by atoms with E-state index >= 15 is 0 Å². The Morgan fingerprint density at radius 3 is 2.89 bits per heavy atom. The Morgan fingerprint density at radius 2 is 2.16 bits per heavy atom. The van der Waals surface area contributed by atoms with Crippen LogP contribution in [0.1, 0.15) is 31.4 Å². The van der Waals surface area contributed by atoms with Crippen LogP contribution in [0.15, 0.2) is 24.3 Å². The molecular weight excluding hydrogens is 236 g/mol. The van der Waals surface area contributed by atoms with E-state index in [9.17, 15) is 0 Å². The molecule has 106 valence electrons. The highest BCUT2D eigenvalue weighted by Gasteiger charge is 2.31. The van der Waals surface area contributed by atoms with Crippen molar-refractivity contribution >= 4 is 0 Å². The summed E-state index contributed by atoms with van der Waals surface area (Å²) in [6.07, 6.45) is 2.58. The predicted octanol–water partition coefficient (Wildman–Crippen LogP) is 2.69. The van der Waals surface area contributed by atoms with Gasteiger partial charge in [-0.05, 0) is 51.5 Å². The van der Waals surface area contributed by atoms with Crippen LogP contribution in [0.3, 0.4) is 0 Å². The summed E-state index contributed by atoms with van der Waals surface area (Å²) in [6, 6.07) is 8.91. The Hall–Kier alpha value is -1.06. The molecule has 3 nitrogen and oxygen atoms in total. The smallest absolute Gasteiger partial charge is 0.123 e. The number of nitrogens with zero attached hydrogens (tertiary/aromatic N) is 1. The summed E-state index contributed by atoms with van der Waals surface area (Å²) in [4.78, 5) is 2.48. The zero-order chi connectivity index (χ0) is 13.7. The van der Waals surface area contributed by atoms with Crippen LogP contribution in [0, 0.1) is 5.92 Å². The number of rotatable bonds is 5. The maximum Gasteiger partial charge on any atom is 0.123 e. The second-order valence-electron chi connectivity index (χ2n) is 5.38. The summed E-state index contributed by atoms with van der Waals surface area (Å²) >= 11 is 0. The number of para-hydroxylation sites is 1. The number of ether oxygens (including phenoxy) is 1. The molecule has 1 aromatic carbocycles. The van der Waals surface area contributed by atoms with Gasteiger partial charge in [-0.2, -0.15) is 0 Å². The van der Waals surface area contributed by atoms with E-state index < -0.39 is 0 Å². The van der Waals surface area contributed by atoms with Crippen LogP contribution in [-0.4, -0.2) is 38.7 Å². The molecule has 1 aliphatic rings. The molecule has 2 atom stereocenters. The van der Waals surface area contributed by atoms with Gasteiger partial charge in [0.25, 0.3) is 0 Å². The zero-order valence-corrected chi connectivity index (χ0v) is 12.4. The van der Waals surface area contributed by atoms with Gasteiger partial charge in [-0.1, -0.05) is 25.1 Å². The summed E-state index contributed by atoms with van der Waals surface area (Å²) in [6.45, 7) is 5.47. The lowest BCUT2D eigenvalue weighted by atomic mass is 9.84. The molecule has 1 aliphatic heterocycles. The first kappa shape index (κ1) is 14.4. The van der Waals surface area contributed by atoms with Gasteiger partial charge in [0.1, 0.15) is 5.75 Å². The van der Waals surface area contributed by atoms with Crippen LogP contribution in [0.5, 0.6) is 5.75 Å². The Kier molecular flexibility index (Phi) is 5.23. The highest BCUT2D eigenvalue weighted by Crippen LogP contribution is 2.38. The molecule has 19 heavy (non-hydrogen) atoms. The van der Waals surface area contributed by atoms with Crippen LogP contribution in [0.25, 0.3) is 0 Å². The average molecular weight is 262 g/mol. The Labute approximate surface area is 116 Å². The predicted molar refractivity (Wildman–Crippen MR) is 79.6 cm³/mol. The van der Waals surface area contributed by atoms with Crippen LogP contribution >= 0.6 is 0 Å². The molecule has 1 aromatic rings. The summed E-state index contributed by atoms with van der Waals surface area (Å²) < 4.78 is 5.55. The van der Waals surface area contributed by atoms with Gasteiger partial charge < -0.3 is 10.1 Å². The highest BCUT2D eigenvalue weighted by atomic mass is 16.5.